The van der Waals surface area contributed by atoms with Gasteiger partial charge in [-0.15, -0.1) is 22.7 Å². The van der Waals surface area contributed by atoms with E-state index >= 15 is 0 Å². The van der Waals surface area contributed by atoms with Gasteiger partial charge in [0.2, 0.25) is 0 Å². The van der Waals surface area contributed by atoms with Crippen LogP contribution >= 0.6 is 22.7 Å². The number of anilines is 1. The third-order valence-electron chi connectivity index (χ3n) is 4.45. The highest BCUT2D eigenvalue weighted by molar-refractivity contribution is 7.15. The van der Waals surface area contributed by atoms with E-state index < -0.39 is 17.8 Å². The minimum Gasteiger partial charge on any atom is -0.493 e. The molecule has 0 spiro atoms. The summed E-state index contributed by atoms with van der Waals surface area (Å²) in [6, 6.07) is 5.32. The minimum absolute atomic E-state index is 0.154. The average molecular weight is 507 g/mol. The molecule has 0 atom stereocenters. The number of hydrogen-bond donors (Lipinski definition) is 1. The first-order valence-corrected chi connectivity index (χ1v) is 11.4. The van der Waals surface area contributed by atoms with Gasteiger partial charge in [0.1, 0.15) is 5.69 Å². The molecule has 0 radical (unpaired) electrons. The molecule has 0 aliphatic carbocycles. The predicted molar refractivity (Wildman–Crippen MR) is 126 cm³/mol. The van der Waals surface area contributed by atoms with Crippen molar-refractivity contribution in [3.8, 4) is 11.5 Å². The molecule has 1 amide bonds. The summed E-state index contributed by atoms with van der Waals surface area (Å²) >= 11 is 2.00. The predicted octanol–water partition coefficient (Wildman–Crippen LogP) is 6.21. The summed E-state index contributed by atoms with van der Waals surface area (Å²) in [7, 11) is 1.52. The molecular formula is C22H17F3N4O3S2. The zero-order valence-electron chi connectivity index (χ0n) is 17.8. The number of rotatable bonds is 7. The minimum atomic E-state index is -4.59. The van der Waals surface area contributed by atoms with Crippen LogP contribution < -0.4 is 14.8 Å². The van der Waals surface area contributed by atoms with Crippen LogP contribution in [-0.4, -0.2) is 27.4 Å². The molecule has 0 fully saturated rings. The van der Waals surface area contributed by atoms with Crippen LogP contribution in [0.15, 0.2) is 47.5 Å². The molecule has 4 rings (SSSR count). The maximum Gasteiger partial charge on any atom is 0.434 e. The Balaban J connectivity index is 1.69. The number of carbonyl (C=O) groups is 1. The Hall–Kier alpha value is -3.64. The van der Waals surface area contributed by atoms with Gasteiger partial charge in [-0.1, -0.05) is 18.7 Å². The number of amides is 1. The van der Waals surface area contributed by atoms with Crippen LogP contribution in [0.3, 0.4) is 0 Å². The Bertz CT molecular complexity index is 1400. The number of allylic oxidation sites excluding steroid dienone is 1. The number of aromatic nitrogens is 3. The molecule has 0 bridgehead atoms. The zero-order valence-corrected chi connectivity index (χ0v) is 19.5. The molecule has 0 saturated heterocycles. The fourth-order valence-corrected chi connectivity index (χ4v) is 4.47. The summed E-state index contributed by atoms with van der Waals surface area (Å²) in [6.07, 6.45) is 0.390. The van der Waals surface area contributed by atoms with E-state index in [1.54, 1.807) is 53.3 Å². The topological polar surface area (TPSA) is 77.8 Å². The van der Waals surface area contributed by atoms with Gasteiger partial charge in [0.15, 0.2) is 27.3 Å². The number of nitrogens with one attached hydrogen (secondary N) is 1. The van der Waals surface area contributed by atoms with Crippen molar-refractivity contribution in [1.29, 1.82) is 0 Å². The quantitative estimate of drug-likeness (QED) is 0.301. The highest BCUT2D eigenvalue weighted by atomic mass is 32.1. The SMILES string of the molecule is C=C(C)Oc1c(/C=C/c2nc3sccn3c2C(=O)Nc2nc(C(F)(F)F)cs2)cccc1OC. The Morgan fingerprint density at radius 2 is 2.03 bits per heavy atom. The lowest BCUT2D eigenvalue weighted by atomic mass is 10.1. The van der Waals surface area contributed by atoms with Crippen LogP contribution in [0.2, 0.25) is 0 Å². The first-order chi connectivity index (χ1) is 16.2. The monoisotopic (exact) mass is 506 g/mol. The lowest BCUT2D eigenvalue weighted by Gasteiger charge is -2.12. The molecular weight excluding hydrogens is 489 g/mol. The first-order valence-electron chi connectivity index (χ1n) is 9.65. The molecule has 0 unspecified atom stereocenters. The highest BCUT2D eigenvalue weighted by Crippen LogP contribution is 2.34. The smallest absolute Gasteiger partial charge is 0.434 e. The van der Waals surface area contributed by atoms with Crippen molar-refractivity contribution < 1.29 is 27.4 Å². The second-order valence-corrected chi connectivity index (χ2v) is 8.64. The molecule has 4 aromatic rings. The average Bonchev–Trinajstić information content (AvgIpc) is 3.48. The van der Waals surface area contributed by atoms with Crippen molar-refractivity contribution in [3.05, 3.63) is 70.1 Å². The van der Waals surface area contributed by atoms with Crippen molar-refractivity contribution in [3.63, 3.8) is 0 Å². The van der Waals surface area contributed by atoms with E-state index in [1.807, 2.05) is 0 Å². The van der Waals surface area contributed by atoms with Crippen LogP contribution in [0.25, 0.3) is 17.1 Å². The highest BCUT2D eigenvalue weighted by Gasteiger charge is 2.34. The van der Waals surface area contributed by atoms with Gasteiger partial charge in [-0.05, 0) is 25.1 Å². The Kier molecular flexibility index (Phi) is 6.44. The van der Waals surface area contributed by atoms with E-state index in [9.17, 15) is 18.0 Å². The van der Waals surface area contributed by atoms with Crippen molar-refractivity contribution in [2.75, 3.05) is 12.4 Å². The summed E-state index contributed by atoms with van der Waals surface area (Å²) in [5.41, 5.74) is 0.0623. The van der Waals surface area contributed by atoms with Gasteiger partial charge in [-0.3, -0.25) is 14.5 Å². The number of hydrogen-bond acceptors (Lipinski definition) is 7. The summed E-state index contributed by atoms with van der Waals surface area (Å²) in [5, 5.41) is 4.87. The molecule has 3 aromatic heterocycles. The molecule has 34 heavy (non-hydrogen) atoms. The Morgan fingerprint density at radius 3 is 2.71 bits per heavy atom. The Labute approximate surface area is 199 Å². The first kappa shape index (κ1) is 23.5. The normalized spacial score (nSPS) is 11.8. The van der Waals surface area contributed by atoms with Gasteiger partial charge in [-0.2, -0.15) is 13.2 Å². The number of benzene rings is 1. The largest absolute Gasteiger partial charge is 0.493 e. The van der Waals surface area contributed by atoms with E-state index in [0.717, 1.165) is 5.38 Å². The number of imidazole rings is 1. The molecule has 7 nitrogen and oxygen atoms in total. The third-order valence-corrected chi connectivity index (χ3v) is 5.96. The molecule has 3 heterocycles. The molecule has 12 heteroatoms. The fourth-order valence-electron chi connectivity index (χ4n) is 3.04. The maximum atomic E-state index is 13.0. The van der Waals surface area contributed by atoms with Gasteiger partial charge in [0.05, 0.1) is 18.6 Å². The number of fused-ring (bicyclic) bond motifs is 1. The van der Waals surface area contributed by atoms with Gasteiger partial charge in [0, 0.05) is 22.5 Å². The molecule has 0 saturated carbocycles. The molecule has 0 aliphatic rings. The summed E-state index contributed by atoms with van der Waals surface area (Å²) in [5.74, 6) is 0.766. The van der Waals surface area contributed by atoms with Crippen LogP contribution in [0.1, 0.15) is 34.4 Å². The number of alkyl halides is 3. The van der Waals surface area contributed by atoms with Crippen LogP contribution in [0.5, 0.6) is 11.5 Å². The third kappa shape index (κ3) is 4.82. The van der Waals surface area contributed by atoms with Gasteiger partial charge >= 0.3 is 6.18 Å². The number of ether oxygens (including phenoxy) is 2. The van der Waals surface area contributed by atoms with Crippen LogP contribution in [0.4, 0.5) is 18.3 Å². The summed E-state index contributed by atoms with van der Waals surface area (Å²) < 4.78 is 51.2. The number of thiazole rings is 2. The van der Waals surface area contributed by atoms with E-state index in [1.165, 1.54) is 18.4 Å². The fraction of sp³-hybridized carbons (Fsp3) is 0.136. The number of nitrogens with zero attached hydrogens (tertiary/aromatic N) is 3. The number of para-hydroxylation sites is 1. The zero-order chi connectivity index (χ0) is 24.5. The van der Waals surface area contributed by atoms with E-state index in [0.29, 0.717) is 44.8 Å². The standard InChI is InChI=1S/C22H17F3N4O3S2/c1-12(2)32-18-13(5-4-6-15(18)31-3)7-8-14-17(29-9-10-33-21(29)26-14)19(30)28-20-27-16(11-34-20)22(23,24)25/h4-11H,1H2,2-3H3,(H,27,28,30)/b8-7+. The lowest BCUT2D eigenvalue weighted by Crippen LogP contribution is -2.15. The van der Waals surface area contributed by atoms with Gasteiger partial charge < -0.3 is 9.47 Å². The number of carbonyl (C=O) groups excluding carboxylic acids is 1. The van der Waals surface area contributed by atoms with Gasteiger partial charge in [0.25, 0.3) is 5.91 Å². The van der Waals surface area contributed by atoms with Crippen molar-refractivity contribution in [2.24, 2.45) is 0 Å². The van der Waals surface area contributed by atoms with Crippen molar-refractivity contribution in [1.82, 2.24) is 14.4 Å². The molecule has 1 N–H and O–H groups in total. The Morgan fingerprint density at radius 1 is 1.24 bits per heavy atom. The van der Waals surface area contributed by atoms with Crippen molar-refractivity contribution in [2.45, 2.75) is 13.1 Å². The van der Waals surface area contributed by atoms with E-state index in [4.69, 9.17) is 9.47 Å². The van der Waals surface area contributed by atoms with Crippen LogP contribution in [0, 0.1) is 0 Å². The second kappa shape index (κ2) is 9.31. The van der Waals surface area contributed by atoms with Crippen LogP contribution in [-0.2, 0) is 6.18 Å². The maximum absolute atomic E-state index is 13.0. The summed E-state index contributed by atoms with van der Waals surface area (Å²) in [6.45, 7) is 5.46. The van der Waals surface area contributed by atoms with Gasteiger partial charge in [-0.25, -0.2) is 9.97 Å². The molecule has 1 aromatic carbocycles. The van der Waals surface area contributed by atoms with E-state index in [-0.39, 0.29) is 10.8 Å². The summed E-state index contributed by atoms with van der Waals surface area (Å²) in [4.78, 5) is 21.5. The van der Waals surface area contributed by atoms with Crippen molar-refractivity contribution >= 4 is 50.8 Å². The second-order valence-electron chi connectivity index (χ2n) is 6.91. The molecule has 176 valence electrons. The number of halogens is 3. The van der Waals surface area contributed by atoms with E-state index in [2.05, 4.69) is 21.9 Å². The molecule has 0 aliphatic heterocycles. The lowest BCUT2D eigenvalue weighted by molar-refractivity contribution is -0.140. The number of methoxy groups -OCH3 is 1.